The van der Waals surface area contributed by atoms with E-state index in [0.29, 0.717) is 26.7 Å². The topological polar surface area (TPSA) is 150 Å². The Hall–Kier alpha value is -2.30. The van der Waals surface area contributed by atoms with Gasteiger partial charge in [0.05, 0.1) is 27.9 Å². The van der Waals surface area contributed by atoms with Crippen molar-refractivity contribution in [3.63, 3.8) is 0 Å². The lowest BCUT2D eigenvalue weighted by molar-refractivity contribution is -0.263. The van der Waals surface area contributed by atoms with E-state index >= 15 is 0 Å². The lowest BCUT2D eigenvalue weighted by atomic mass is 10.1. The second-order valence-electron chi connectivity index (χ2n) is 8.06. The lowest BCUT2D eigenvalue weighted by Crippen LogP contribution is -2.32. The summed E-state index contributed by atoms with van der Waals surface area (Å²) in [5, 5.41) is 12.4. The van der Waals surface area contributed by atoms with Crippen LogP contribution in [-0.4, -0.2) is 120 Å². The Labute approximate surface area is 262 Å². The zero-order valence-electron chi connectivity index (χ0n) is 28.6. The van der Waals surface area contributed by atoms with Gasteiger partial charge in [-0.3, -0.25) is 10.2 Å². The van der Waals surface area contributed by atoms with E-state index in [-0.39, 0.29) is 0 Å². The minimum absolute atomic E-state index is 0.407. The number of nitrogens with zero attached hydrogens (tertiary/aromatic N) is 1. The Kier molecular flexibility index (Phi) is 61.3. The van der Waals surface area contributed by atoms with Crippen LogP contribution in [0.25, 0.3) is 0 Å². The second kappa shape index (κ2) is 52.4. The van der Waals surface area contributed by atoms with E-state index in [4.69, 9.17) is 9.57 Å². The van der Waals surface area contributed by atoms with Crippen LogP contribution in [-0.2, 0) is 33.6 Å². The number of hydrogen-bond acceptors (Lipinski definition) is 12. The van der Waals surface area contributed by atoms with E-state index in [0.717, 1.165) is 19.7 Å². The van der Waals surface area contributed by atoms with E-state index in [2.05, 4.69) is 65.3 Å². The van der Waals surface area contributed by atoms with Crippen molar-refractivity contribution in [1.82, 2.24) is 26.3 Å². The molecular weight excluding hydrogens is 562 g/mol. The zero-order valence-corrected chi connectivity index (χ0v) is 28.6. The van der Waals surface area contributed by atoms with Gasteiger partial charge >= 0.3 is 12.2 Å². The molecule has 1 heterocycles. The van der Waals surface area contributed by atoms with Crippen molar-refractivity contribution in [3.05, 3.63) is 25.3 Å². The van der Waals surface area contributed by atoms with Crippen molar-refractivity contribution < 1.29 is 43.1 Å². The molecule has 0 unspecified atom stereocenters. The Morgan fingerprint density at radius 3 is 1.72 bits per heavy atom. The van der Waals surface area contributed by atoms with Crippen LogP contribution in [0.1, 0.15) is 51.9 Å². The zero-order chi connectivity index (χ0) is 33.8. The molecule has 1 aliphatic heterocycles. The molecular formula is C29H65N5O9. The van der Waals surface area contributed by atoms with Gasteiger partial charge < -0.3 is 34.9 Å². The van der Waals surface area contributed by atoms with Gasteiger partial charge in [-0.25, -0.2) is 19.4 Å². The number of ether oxygens (including phenoxy) is 4. The first kappa shape index (κ1) is 50.3. The van der Waals surface area contributed by atoms with Crippen LogP contribution >= 0.6 is 0 Å². The van der Waals surface area contributed by atoms with E-state index in [1.165, 1.54) is 80.4 Å². The summed E-state index contributed by atoms with van der Waals surface area (Å²) in [5.41, 5.74) is 0. The number of rotatable bonds is 11. The summed E-state index contributed by atoms with van der Waals surface area (Å²) in [4.78, 5) is 33.7. The summed E-state index contributed by atoms with van der Waals surface area (Å²) in [6, 6.07) is 0. The number of amides is 2. The van der Waals surface area contributed by atoms with E-state index in [9.17, 15) is 9.59 Å². The van der Waals surface area contributed by atoms with Crippen molar-refractivity contribution >= 4 is 12.2 Å². The van der Waals surface area contributed by atoms with Crippen LogP contribution in [0.15, 0.2) is 25.3 Å². The number of unbranched alkanes of at least 4 members (excludes halogenated alkanes) is 1. The summed E-state index contributed by atoms with van der Waals surface area (Å²) < 4.78 is 18.4. The van der Waals surface area contributed by atoms with Crippen molar-refractivity contribution in [2.24, 2.45) is 0 Å². The molecule has 0 aromatic carbocycles. The average molecular weight is 628 g/mol. The Bertz CT molecular complexity index is 506. The van der Waals surface area contributed by atoms with Crippen LogP contribution in [0.5, 0.6) is 0 Å². The van der Waals surface area contributed by atoms with Gasteiger partial charge in [-0.15, -0.1) is 13.2 Å². The summed E-state index contributed by atoms with van der Waals surface area (Å²) in [6.45, 7) is 14.3. The van der Waals surface area contributed by atoms with Crippen molar-refractivity contribution in [3.8, 4) is 0 Å². The van der Waals surface area contributed by atoms with Crippen molar-refractivity contribution in [1.29, 1.82) is 0 Å². The molecule has 2 amide bonds. The number of carbonyl (C=O) groups is 2. The second-order valence-corrected chi connectivity index (χ2v) is 8.06. The van der Waals surface area contributed by atoms with Gasteiger partial charge in [0.15, 0.2) is 0 Å². The Morgan fingerprint density at radius 1 is 0.837 bits per heavy atom. The highest BCUT2D eigenvalue weighted by Crippen LogP contribution is 2.07. The third-order valence-corrected chi connectivity index (χ3v) is 4.47. The minimum Gasteiger partial charge on any atom is -0.453 e. The average Bonchev–Trinajstić information content (AvgIpc) is 3.05. The monoisotopic (exact) mass is 627 g/mol. The molecule has 4 N–H and O–H groups in total. The molecule has 0 spiro atoms. The van der Waals surface area contributed by atoms with E-state index < -0.39 is 12.2 Å². The molecule has 14 heteroatoms. The maximum absolute atomic E-state index is 9.85. The molecule has 0 atom stereocenters. The number of hydrogen-bond donors (Lipinski definition) is 4. The van der Waals surface area contributed by atoms with Crippen LogP contribution < -0.4 is 21.3 Å². The summed E-state index contributed by atoms with van der Waals surface area (Å²) in [6.07, 6.45) is 11.4. The third-order valence-electron chi connectivity index (χ3n) is 4.47. The third kappa shape index (κ3) is 64.0. The van der Waals surface area contributed by atoms with Crippen molar-refractivity contribution in [2.75, 3.05) is 103 Å². The first-order chi connectivity index (χ1) is 20.8. The first-order valence-corrected chi connectivity index (χ1v) is 14.4. The van der Waals surface area contributed by atoms with Crippen LogP contribution in [0.3, 0.4) is 0 Å². The molecule has 43 heavy (non-hydrogen) atoms. The lowest BCUT2D eigenvalue weighted by Gasteiger charge is -2.22. The van der Waals surface area contributed by atoms with Gasteiger partial charge in [-0.2, -0.15) is 5.06 Å². The summed E-state index contributed by atoms with van der Waals surface area (Å²) >= 11 is 0. The van der Waals surface area contributed by atoms with Gasteiger partial charge in [-0.1, -0.05) is 44.8 Å². The predicted molar refractivity (Wildman–Crippen MR) is 173 cm³/mol. The number of hydroxylamine groups is 2. The van der Waals surface area contributed by atoms with Gasteiger partial charge in [0.1, 0.15) is 20.1 Å². The molecule has 1 aliphatic rings. The quantitative estimate of drug-likeness (QED) is 0.0866. The smallest absolute Gasteiger partial charge is 0.406 e. The predicted octanol–water partition coefficient (Wildman–Crippen LogP) is 3.85. The molecule has 260 valence electrons. The van der Waals surface area contributed by atoms with Gasteiger partial charge in [0, 0.05) is 34.4 Å². The fourth-order valence-corrected chi connectivity index (χ4v) is 2.30. The normalized spacial score (nSPS) is 12.4. The molecule has 0 aliphatic carbocycles. The van der Waals surface area contributed by atoms with Crippen LogP contribution in [0.4, 0.5) is 9.59 Å². The fourth-order valence-electron chi connectivity index (χ4n) is 2.30. The first-order valence-electron chi connectivity index (χ1n) is 14.4. The molecule has 0 radical (unpaired) electrons. The van der Waals surface area contributed by atoms with Gasteiger partial charge in [0.25, 0.3) is 0 Å². The maximum Gasteiger partial charge on any atom is 0.406 e. The highest BCUT2D eigenvalue weighted by molar-refractivity contribution is 5.66. The van der Waals surface area contributed by atoms with E-state index in [1.54, 1.807) is 19.3 Å². The number of alkyl carbamates (subject to hydrolysis) is 2. The SMILES string of the molecule is C=CCOC.C=CCOOC.CCCCNC.CNC(=O)OC.CNC(=O)OC.CNCON1CCCCCCCOC1. The van der Waals surface area contributed by atoms with E-state index in [1.807, 2.05) is 19.2 Å². The highest BCUT2D eigenvalue weighted by atomic mass is 17.2. The van der Waals surface area contributed by atoms with Gasteiger partial charge in [-0.05, 0) is 39.9 Å². The molecule has 1 fully saturated rings. The van der Waals surface area contributed by atoms with Crippen LogP contribution in [0.2, 0.25) is 0 Å². The van der Waals surface area contributed by atoms with Gasteiger partial charge in [0.2, 0.25) is 0 Å². The number of carbonyl (C=O) groups excluding carboxylic acids is 2. The highest BCUT2D eigenvalue weighted by Gasteiger charge is 2.06. The largest absolute Gasteiger partial charge is 0.453 e. The Morgan fingerprint density at radius 2 is 1.40 bits per heavy atom. The fraction of sp³-hybridized carbons (Fsp3) is 0.793. The molecule has 0 saturated carbocycles. The molecule has 1 saturated heterocycles. The molecule has 0 bridgehead atoms. The number of methoxy groups -OCH3 is 3. The van der Waals surface area contributed by atoms with Crippen molar-refractivity contribution in [2.45, 2.75) is 51.9 Å². The standard InChI is InChI=1S/C10H22N2O2.C5H13N.C4H8O2.C4H8O.2C3H7NO2/c1-11-9-14-12-7-5-3-2-4-6-8-13-10-12;1-3-4-5-6-2;1-3-4-6-5-2;1-3-4-5-2;2*1-4-3(5)6-2/h11H,2-10H2,1H3;6H,3-5H2,1-2H3;3H,1,4H2,2H3;3H,1,4H2,2H3;2*1-2H3,(H,4,5). The summed E-state index contributed by atoms with van der Waals surface area (Å²) in [7, 11) is 12.6. The number of nitrogens with one attached hydrogen (secondary N) is 4. The van der Waals surface area contributed by atoms with Crippen LogP contribution in [0, 0.1) is 0 Å². The molecule has 1 rings (SSSR count). The molecule has 0 aromatic heterocycles. The maximum atomic E-state index is 9.85. The Balaban J connectivity index is -0.000000143. The molecule has 14 nitrogen and oxygen atoms in total. The minimum atomic E-state index is -0.407. The molecule has 0 aromatic rings. The summed E-state index contributed by atoms with van der Waals surface area (Å²) in [5.74, 6) is 0.